The van der Waals surface area contributed by atoms with Gasteiger partial charge in [0, 0.05) is 45.9 Å². The van der Waals surface area contributed by atoms with E-state index in [0.29, 0.717) is 138 Å². The van der Waals surface area contributed by atoms with Gasteiger partial charge >= 0.3 is 5.97 Å². The number of hydrogen-bond donors (Lipinski definition) is 1. The molecule has 0 aromatic carbocycles. The van der Waals surface area contributed by atoms with E-state index < -0.39 is 11.9 Å². The van der Waals surface area contributed by atoms with Crippen molar-refractivity contribution < 1.29 is 57.3 Å². The Bertz CT molecular complexity index is 897. The second-order valence-corrected chi connectivity index (χ2v) is 15.5. The van der Waals surface area contributed by atoms with Gasteiger partial charge < -0.3 is 57.4 Å². The topological polar surface area (TPSA) is 136 Å². The first-order valence-electron chi connectivity index (χ1n) is 23.7. The highest BCUT2D eigenvalue weighted by atomic mass is 16.6. The first-order valence-corrected chi connectivity index (χ1v) is 23.7. The van der Waals surface area contributed by atoms with Crippen LogP contribution in [-0.4, -0.2) is 193 Å². The number of likely N-dealkylation sites (N-methyl/N-ethyl adjacent to an activating group) is 1. The van der Waals surface area contributed by atoms with Crippen molar-refractivity contribution in [1.29, 1.82) is 0 Å². The number of carboxylic acid groups (broad SMARTS) is 1. The lowest BCUT2D eigenvalue weighted by atomic mass is 10.1. The Morgan fingerprint density at radius 2 is 0.767 bits per heavy atom. The van der Waals surface area contributed by atoms with Crippen molar-refractivity contribution in [3.05, 3.63) is 12.2 Å². The van der Waals surface area contributed by atoms with Gasteiger partial charge in [0.2, 0.25) is 0 Å². The lowest BCUT2D eigenvalue weighted by Gasteiger charge is -2.33. The quantitative estimate of drug-likeness (QED) is 0.0525. The summed E-state index contributed by atoms with van der Waals surface area (Å²) in [6, 6.07) is 0. The second kappa shape index (κ2) is 47.2. The number of aliphatic carboxylic acids is 1. The van der Waals surface area contributed by atoms with Crippen LogP contribution in [0, 0.1) is 5.92 Å². The number of carbonyl (C=O) groups is 1. The van der Waals surface area contributed by atoms with Crippen LogP contribution in [0.15, 0.2) is 12.2 Å². The standard InChI is InChI=1S/C46H90N2O12/c1-3-4-5-6-7-8-9-10-11-12-13-14-15-16-17-18-24-51-26-28-53-30-32-55-34-36-57-38-40-59-42-43-60-41-39-58-37-35-56-33-31-54-29-27-52-25-19-45(46(49)50)44-48-22-20-47(2)21-23-48/h10-11,45H,3-9,12-44H2,1-2H3,(H,49,50). The van der Waals surface area contributed by atoms with Gasteiger partial charge in [-0.15, -0.1) is 0 Å². The molecule has 1 aliphatic heterocycles. The highest BCUT2D eigenvalue weighted by molar-refractivity contribution is 5.70. The largest absolute Gasteiger partial charge is 0.481 e. The molecule has 0 aliphatic carbocycles. The highest BCUT2D eigenvalue weighted by Crippen LogP contribution is 2.11. The minimum atomic E-state index is -0.758. The molecule has 14 heteroatoms. The van der Waals surface area contributed by atoms with Crippen LogP contribution >= 0.6 is 0 Å². The van der Waals surface area contributed by atoms with Crippen molar-refractivity contribution in [2.45, 2.75) is 103 Å². The number of hydrogen-bond acceptors (Lipinski definition) is 13. The normalized spacial score (nSPS) is 14.5. The second-order valence-electron chi connectivity index (χ2n) is 15.5. The van der Waals surface area contributed by atoms with Gasteiger partial charge in [0.15, 0.2) is 0 Å². The van der Waals surface area contributed by atoms with E-state index in [1.54, 1.807) is 0 Å². The predicted molar refractivity (Wildman–Crippen MR) is 237 cm³/mol. The number of piperazine rings is 1. The Labute approximate surface area is 365 Å². The molecule has 60 heavy (non-hydrogen) atoms. The fourth-order valence-corrected chi connectivity index (χ4v) is 6.39. The van der Waals surface area contributed by atoms with Crippen LogP contribution < -0.4 is 0 Å². The van der Waals surface area contributed by atoms with Crippen LogP contribution in [0.3, 0.4) is 0 Å². The summed E-state index contributed by atoms with van der Waals surface area (Å²) in [4.78, 5) is 16.1. The van der Waals surface area contributed by atoms with Crippen LogP contribution in [0.2, 0.25) is 0 Å². The summed E-state index contributed by atoms with van der Waals surface area (Å²) in [5, 5.41) is 9.54. The molecule has 0 amide bonds. The van der Waals surface area contributed by atoms with Gasteiger partial charge in [0.05, 0.1) is 125 Å². The molecule has 0 aromatic heterocycles. The Morgan fingerprint density at radius 1 is 0.450 bits per heavy atom. The molecule has 356 valence electrons. The Balaban J connectivity index is 1.65. The van der Waals surface area contributed by atoms with E-state index in [2.05, 4.69) is 35.9 Å². The van der Waals surface area contributed by atoms with Crippen molar-refractivity contribution in [2.75, 3.05) is 172 Å². The van der Waals surface area contributed by atoms with Crippen LogP contribution in [0.4, 0.5) is 0 Å². The number of nitrogens with zero attached hydrogens (tertiary/aromatic N) is 2. The maximum atomic E-state index is 11.6. The zero-order chi connectivity index (χ0) is 43.1. The minimum absolute atomic E-state index is 0.408. The molecule has 1 unspecified atom stereocenters. The molecule has 0 bridgehead atoms. The predicted octanol–water partition coefficient (Wildman–Crippen LogP) is 6.53. The Morgan fingerprint density at radius 3 is 1.13 bits per heavy atom. The van der Waals surface area contributed by atoms with E-state index in [1.165, 1.54) is 83.5 Å². The third-order valence-electron chi connectivity index (χ3n) is 10.2. The third-order valence-corrected chi connectivity index (χ3v) is 10.2. The summed E-state index contributed by atoms with van der Waals surface area (Å²) in [6.45, 7) is 17.1. The summed E-state index contributed by atoms with van der Waals surface area (Å²) in [5.74, 6) is -1.17. The van der Waals surface area contributed by atoms with E-state index in [9.17, 15) is 9.90 Å². The third kappa shape index (κ3) is 42.1. The van der Waals surface area contributed by atoms with Gasteiger partial charge in [-0.25, -0.2) is 0 Å². The van der Waals surface area contributed by atoms with Crippen molar-refractivity contribution >= 4 is 5.97 Å². The lowest BCUT2D eigenvalue weighted by Crippen LogP contribution is -2.47. The summed E-state index contributed by atoms with van der Waals surface area (Å²) in [5.41, 5.74) is 0. The van der Waals surface area contributed by atoms with E-state index in [4.69, 9.17) is 47.4 Å². The van der Waals surface area contributed by atoms with Crippen molar-refractivity contribution in [1.82, 2.24) is 9.80 Å². The molecular weight excluding hydrogens is 773 g/mol. The maximum absolute atomic E-state index is 11.6. The fourth-order valence-electron chi connectivity index (χ4n) is 6.39. The number of ether oxygens (including phenoxy) is 10. The Kier molecular flexibility index (Phi) is 44.7. The van der Waals surface area contributed by atoms with Gasteiger partial charge in [-0.3, -0.25) is 9.69 Å². The molecule has 1 atom stereocenters. The zero-order valence-corrected chi connectivity index (χ0v) is 38.3. The highest BCUT2D eigenvalue weighted by Gasteiger charge is 2.23. The van der Waals surface area contributed by atoms with Crippen LogP contribution in [0.1, 0.15) is 103 Å². The summed E-state index contributed by atoms with van der Waals surface area (Å²) in [7, 11) is 2.09. The average molecular weight is 863 g/mol. The van der Waals surface area contributed by atoms with Crippen LogP contribution in [-0.2, 0) is 52.2 Å². The average Bonchev–Trinajstić information content (AvgIpc) is 3.25. The molecule has 1 aliphatic rings. The van der Waals surface area contributed by atoms with Crippen LogP contribution in [0.5, 0.6) is 0 Å². The monoisotopic (exact) mass is 863 g/mol. The van der Waals surface area contributed by atoms with Crippen molar-refractivity contribution in [3.63, 3.8) is 0 Å². The molecule has 0 saturated carbocycles. The summed E-state index contributed by atoms with van der Waals surface area (Å²) >= 11 is 0. The molecule has 0 aromatic rings. The zero-order valence-electron chi connectivity index (χ0n) is 38.3. The van der Waals surface area contributed by atoms with E-state index >= 15 is 0 Å². The molecule has 1 N–H and O–H groups in total. The SMILES string of the molecule is CCCCCCCCC=CCCCCCCCCOCCOCCOCCOCCOCCOCCOCCOCCOCCOCCC(CN1CCN(C)CC1)C(=O)O. The number of unbranched alkanes of at least 4 members (excludes halogenated alkanes) is 12. The summed E-state index contributed by atoms with van der Waals surface area (Å²) in [6.07, 6.45) is 23.7. The van der Waals surface area contributed by atoms with Gasteiger partial charge in [0.25, 0.3) is 0 Å². The van der Waals surface area contributed by atoms with Gasteiger partial charge in [-0.1, -0.05) is 76.9 Å². The molecule has 14 nitrogen and oxygen atoms in total. The van der Waals surface area contributed by atoms with Crippen molar-refractivity contribution in [2.24, 2.45) is 5.92 Å². The first-order chi connectivity index (χ1) is 29.6. The minimum Gasteiger partial charge on any atom is -0.481 e. The molecule has 1 heterocycles. The van der Waals surface area contributed by atoms with E-state index in [1.807, 2.05) is 0 Å². The van der Waals surface area contributed by atoms with E-state index in [0.717, 1.165) is 39.2 Å². The smallest absolute Gasteiger partial charge is 0.307 e. The number of carboxylic acids is 1. The van der Waals surface area contributed by atoms with Crippen molar-refractivity contribution in [3.8, 4) is 0 Å². The van der Waals surface area contributed by atoms with Gasteiger partial charge in [-0.2, -0.15) is 0 Å². The molecule has 0 radical (unpaired) electrons. The lowest BCUT2D eigenvalue weighted by molar-refractivity contribution is -0.143. The molecule has 1 fully saturated rings. The summed E-state index contributed by atoms with van der Waals surface area (Å²) < 4.78 is 55.6. The maximum Gasteiger partial charge on any atom is 0.307 e. The molecule has 1 saturated heterocycles. The van der Waals surface area contributed by atoms with Crippen LogP contribution in [0.25, 0.3) is 0 Å². The van der Waals surface area contributed by atoms with E-state index in [-0.39, 0.29) is 0 Å². The van der Waals surface area contributed by atoms with Gasteiger partial charge in [0.1, 0.15) is 0 Å². The molecular formula is C46H90N2O12. The first kappa shape index (κ1) is 56.7. The number of allylic oxidation sites excluding steroid dienone is 2. The molecule has 1 rings (SSSR count). The number of rotatable bonds is 49. The Hall–Kier alpha value is -1.27. The molecule has 0 spiro atoms. The fraction of sp³-hybridized carbons (Fsp3) is 0.935. The van der Waals surface area contributed by atoms with Gasteiger partial charge in [-0.05, 0) is 45.6 Å².